The molecule has 1 aliphatic rings. The van der Waals surface area contributed by atoms with Gasteiger partial charge in [0.25, 0.3) is 5.91 Å². The number of halogens is 1. The van der Waals surface area contributed by atoms with Crippen molar-refractivity contribution in [3.05, 3.63) is 47.2 Å². The zero-order chi connectivity index (χ0) is 16.2. The lowest BCUT2D eigenvalue weighted by atomic mass is 10.0. The molecule has 1 aromatic carbocycles. The van der Waals surface area contributed by atoms with Crippen LogP contribution in [0.1, 0.15) is 36.2 Å². The van der Waals surface area contributed by atoms with Gasteiger partial charge in [0.05, 0.1) is 16.8 Å². The number of nitrogens with zero attached hydrogens (tertiary/aromatic N) is 2. The Bertz CT molecular complexity index is 680. The van der Waals surface area contributed by atoms with Crippen LogP contribution in [0, 0.1) is 5.92 Å². The standard InChI is InChI=1S/C17H20ClN3O2/c18-13-7-3-4-8-15(13)21-10-9-14(20-21)17(23)19-11-16(22)12-5-1-2-6-12/h3-4,7-10,12,16,22H,1-2,5-6,11H2,(H,19,23). The smallest absolute Gasteiger partial charge is 0.271 e. The molecular formula is C17H20ClN3O2. The van der Waals surface area contributed by atoms with E-state index in [4.69, 9.17) is 11.6 Å². The maximum atomic E-state index is 12.2. The quantitative estimate of drug-likeness (QED) is 0.884. The summed E-state index contributed by atoms with van der Waals surface area (Å²) in [5, 5.41) is 17.7. The summed E-state index contributed by atoms with van der Waals surface area (Å²) in [6.45, 7) is 0.266. The molecule has 122 valence electrons. The second-order valence-corrected chi connectivity index (χ2v) is 6.33. The van der Waals surface area contributed by atoms with Crippen LogP contribution in [0.3, 0.4) is 0 Å². The predicted octanol–water partition coefficient (Wildman–Crippen LogP) is 2.81. The zero-order valence-electron chi connectivity index (χ0n) is 12.8. The van der Waals surface area contributed by atoms with E-state index in [1.807, 2.05) is 18.2 Å². The number of rotatable bonds is 5. The number of hydrogen-bond donors (Lipinski definition) is 2. The van der Waals surface area contributed by atoms with Crippen LogP contribution in [-0.2, 0) is 0 Å². The van der Waals surface area contributed by atoms with Crippen LogP contribution in [0.4, 0.5) is 0 Å². The number of nitrogens with one attached hydrogen (secondary N) is 1. The molecule has 0 radical (unpaired) electrons. The molecule has 0 saturated heterocycles. The van der Waals surface area contributed by atoms with Crippen molar-refractivity contribution in [2.24, 2.45) is 5.92 Å². The number of carbonyl (C=O) groups excluding carboxylic acids is 1. The van der Waals surface area contributed by atoms with Crippen molar-refractivity contribution in [3.63, 3.8) is 0 Å². The van der Waals surface area contributed by atoms with Crippen LogP contribution >= 0.6 is 11.6 Å². The minimum Gasteiger partial charge on any atom is -0.391 e. The van der Waals surface area contributed by atoms with Crippen molar-refractivity contribution in [3.8, 4) is 5.69 Å². The highest BCUT2D eigenvalue weighted by Gasteiger charge is 2.23. The first kappa shape index (κ1) is 16.0. The van der Waals surface area contributed by atoms with Crippen LogP contribution in [0.15, 0.2) is 36.5 Å². The van der Waals surface area contributed by atoms with E-state index >= 15 is 0 Å². The molecule has 1 saturated carbocycles. The van der Waals surface area contributed by atoms with E-state index in [9.17, 15) is 9.90 Å². The van der Waals surface area contributed by atoms with E-state index in [1.165, 1.54) is 0 Å². The molecule has 2 N–H and O–H groups in total. The molecule has 1 amide bonds. The van der Waals surface area contributed by atoms with Gasteiger partial charge in [-0.3, -0.25) is 4.79 Å². The fraction of sp³-hybridized carbons (Fsp3) is 0.412. The summed E-state index contributed by atoms with van der Waals surface area (Å²) in [6, 6.07) is 8.95. The number of aliphatic hydroxyl groups excluding tert-OH is 1. The number of amides is 1. The van der Waals surface area contributed by atoms with Gasteiger partial charge in [0.15, 0.2) is 5.69 Å². The number of aliphatic hydroxyl groups is 1. The van der Waals surface area contributed by atoms with Crippen molar-refractivity contribution >= 4 is 17.5 Å². The molecule has 2 aromatic rings. The van der Waals surface area contributed by atoms with Crippen molar-refractivity contribution in [2.45, 2.75) is 31.8 Å². The van der Waals surface area contributed by atoms with Crippen molar-refractivity contribution < 1.29 is 9.90 Å². The highest BCUT2D eigenvalue weighted by Crippen LogP contribution is 2.27. The summed E-state index contributed by atoms with van der Waals surface area (Å²) in [4.78, 5) is 12.2. The SMILES string of the molecule is O=C(NCC(O)C1CCCC1)c1ccn(-c2ccccc2Cl)n1. The lowest BCUT2D eigenvalue weighted by Crippen LogP contribution is -2.35. The molecule has 1 atom stereocenters. The minimum atomic E-state index is -0.480. The minimum absolute atomic E-state index is 0.266. The number of aromatic nitrogens is 2. The number of hydrogen-bond acceptors (Lipinski definition) is 3. The predicted molar refractivity (Wildman–Crippen MR) is 88.9 cm³/mol. The molecule has 1 aliphatic carbocycles. The van der Waals surface area contributed by atoms with Gasteiger partial charge in [-0.05, 0) is 37.0 Å². The molecule has 23 heavy (non-hydrogen) atoms. The van der Waals surface area contributed by atoms with Crippen LogP contribution in [-0.4, -0.2) is 33.4 Å². The first-order chi connectivity index (χ1) is 11.1. The van der Waals surface area contributed by atoms with Crippen LogP contribution < -0.4 is 5.32 Å². The Labute approximate surface area is 140 Å². The van der Waals surface area contributed by atoms with Crippen LogP contribution in [0.25, 0.3) is 5.69 Å². The molecule has 0 spiro atoms. The normalized spacial score (nSPS) is 16.4. The third-order valence-corrected chi connectivity index (χ3v) is 4.66. The number of carbonyl (C=O) groups is 1. The highest BCUT2D eigenvalue weighted by atomic mass is 35.5. The summed E-state index contributed by atoms with van der Waals surface area (Å²) < 4.78 is 1.57. The summed E-state index contributed by atoms with van der Waals surface area (Å²) in [7, 11) is 0. The highest BCUT2D eigenvalue weighted by molar-refractivity contribution is 6.32. The van der Waals surface area contributed by atoms with Gasteiger partial charge in [-0.2, -0.15) is 5.10 Å². The van der Waals surface area contributed by atoms with Crippen molar-refractivity contribution in [2.75, 3.05) is 6.54 Å². The molecule has 6 heteroatoms. The zero-order valence-corrected chi connectivity index (χ0v) is 13.5. The maximum absolute atomic E-state index is 12.2. The first-order valence-electron chi connectivity index (χ1n) is 7.92. The Morgan fingerprint density at radius 1 is 1.35 bits per heavy atom. The third kappa shape index (κ3) is 3.74. The third-order valence-electron chi connectivity index (χ3n) is 4.34. The van der Waals surface area contributed by atoms with E-state index in [0.717, 1.165) is 31.4 Å². The lowest BCUT2D eigenvalue weighted by molar-refractivity contribution is 0.0836. The van der Waals surface area contributed by atoms with Gasteiger partial charge in [0.1, 0.15) is 0 Å². The van der Waals surface area contributed by atoms with Gasteiger partial charge in [-0.25, -0.2) is 4.68 Å². The van der Waals surface area contributed by atoms with Crippen LogP contribution in [0.5, 0.6) is 0 Å². The molecule has 5 nitrogen and oxygen atoms in total. The average molecular weight is 334 g/mol. The van der Waals surface area contributed by atoms with Gasteiger partial charge in [0, 0.05) is 12.7 Å². The molecule has 1 fully saturated rings. The topological polar surface area (TPSA) is 67.2 Å². The molecule has 0 bridgehead atoms. The van der Waals surface area contributed by atoms with Gasteiger partial charge in [0.2, 0.25) is 0 Å². The number of para-hydroxylation sites is 1. The first-order valence-corrected chi connectivity index (χ1v) is 8.30. The fourth-order valence-corrected chi connectivity index (χ4v) is 3.24. The summed E-state index contributed by atoms with van der Waals surface area (Å²) in [5.74, 6) is 0.0174. The molecule has 1 heterocycles. The van der Waals surface area contributed by atoms with Crippen molar-refractivity contribution in [1.29, 1.82) is 0 Å². The van der Waals surface area contributed by atoms with Gasteiger partial charge >= 0.3 is 0 Å². The van der Waals surface area contributed by atoms with Crippen molar-refractivity contribution in [1.82, 2.24) is 15.1 Å². The summed E-state index contributed by atoms with van der Waals surface area (Å²) >= 11 is 6.13. The Kier molecular flexibility index (Phi) is 4.98. The Morgan fingerprint density at radius 3 is 2.83 bits per heavy atom. The number of benzene rings is 1. The van der Waals surface area contributed by atoms with E-state index < -0.39 is 6.10 Å². The Balaban J connectivity index is 1.61. The lowest BCUT2D eigenvalue weighted by Gasteiger charge is -2.17. The van der Waals surface area contributed by atoms with E-state index in [1.54, 1.807) is 23.0 Å². The second kappa shape index (κ2) is 7.15. The largest absolute Gasteiger partial charge is 0.391 e. The molecule has 1 aromatic heterocycles. The summed E-state index contributed by atoms with van der Waals surface area (Å²) in [6.07, 6.45) is 5.63. The molecule has 1 unspecified atom stereocenters. The maximum Gasteiger partial charge on any atom is 0.271 e. The Hall–Kier alpha value is -1.85. The Morgan fingerprint density at radius 2 is 2.09 bits per heavy atom. The van der Waals surface area contributed by atoms with Gasteiger partial charge in [-0.1, -0.05) is 36.6 Å². The molecule has 0 aliphatic heterocycles. The monoisotopic (exact) mass is 333 g/mol. The molecular weight excluding hydrogens is 314 g/mol. The van der Waals surface area contributed by atoms with E-state index in [2.05, 4.69) is 10.4 Å². The van der Waals surface area contributed by atoms with E-state index in [0.29, 0.717) is 16.6 Å². The average Bonchev–Trinajstić information content (AvgIpc) is 3.24. The fourth-order valence-electron chi connectivity index (χ4n) is 3.01. The van der Waals surface area contributed by atoms with Crippen LogP contribution in [0.2, 0.25) is 5.02 Å². The second-order valence-electron chi connectivity index (χ2n) is 5.92. The van der Waals surface area contributed by atoms with Gasteiger partial charge in [-0.15, -0.1) is 0 Å². The van der Waals surface area contributed by atoms with E-state index in [-0.39, 0.29) is 12.5 Å². The van der Waals surface area contributed by atoms with Gasteiger partial charge < -0.3 is 10.4 Å². The molecule has 3 rings (SSSR count). The summed E-state index contributed by atoms with van der Waals surface area (Å²) in [5.41, 5.74) is 1.03.